The summed E-state index contributed by atoms with van der Waals surface area (Å²) in [6.45, 7) is 0. The molecule has 3 aromatic rings. The van der Waals surface area contributed by atoms with Crippen LogP contribution >= 0.6 is 31.9 Å². The first-order valence-corrected chi connectivity index (χ1v) is 9.05. The van der Waals surface area contributed by atoms with Crippen LogP contribution in [0.1, 0.15) is 16.1 Å². The predicted octanol–water partition coefficient (Wildman–Crippen LogP) is 6.28. The lowest BCUT2D eigenvalue weighted by molar-refractivity contribution is -0.384. The first-order valence-electron chi connectivity index (χ1n) is 7.46. The lowest BCUT2D eigenvalue weighted by Gasteiger charge is -2.00. The molecule has 0 N–H and O–H groups in total. The highest BCUT2D eigenvalue weighted by Crippen LogP contribution is 2.32. The fourth-order valence-corrected chi connectivity index (χ4v) is 3.10. The van der Waals surface area contributed by atoms with Gasteiger partial charge in [0.2, 0.25) is 0 Å². The fourth-order valence-electron chi connectivity index (χ4n) is 2.27. The van der Waals surface area contributed by atoms with Crippen molar-refractivity contribution in [2.24, 2.45) is 0 Å². The van der Waals surface area contributed by atoms with E-state index in [1.165, 1.54) is 18.2 Å². The molecule has 0 unspecified atom stereocenters. The van der Waals surface area contributed by atoms with Gasteiger partial charge in [-0.15, -0.1) is 0 Å². The monoisotopic (exact) mass is 475 g/mol. The summed E-state index contributed by atoms with van der Waals surface area (Å²) < 4.78 is 7.17. The zero-order valence-corrected chi connectivity index (χ0v) is 16.4. The zero-order chi connectivity index (χ0) is 18.7. The molecule has 5 nitrogen and oxygen atoms in total. The molecule has 0 amide bonds. The first-order chi connectivity index (χ1) is 12.4. The smallest absolute Gasteiger partial charge is 0.270 e. The second-order valence-corrected chi connectivity index (χ2v) is 7.10. The standard InChI is InChI=1S/C19H11Br2NO4/c20-13-3-1-12(2-4-13)18(23)9-6-15-7-10-19(26-15)16-8-5-14(22(24)25)11-17(16)21/h1-11H. The number of allylic oxidation sites excluding steroid dienone is 1. The van der Waals surface area contributed by atoms with Gasteiger partial charge >= 0.3 is 0 Å². The molecule has 7 heteroatoms. The number of carbonyl (C=O) groups excluding carboxylic acids is 1. The third kappa shape index (κ3) is 4.17. The van der Waals surface area contributed by atoms with Crippen molar-refractivity contribution in [1.29, 1.82) is 0 Å². The van der Waals surface area contributed by atoms with Crippen molar-refractivity contribution in [2.75, 3.05) is 0 Å². The van der Waals surface area contributed by atoms with Gasteiger partial charge in [-0.3, -0.25) is 14.9 Å². The van der Waals surface area contributed by atoms with Crippen molar-refractivity contribution < 1.29 is 14.1 Å². The lowest BCUT2D eigenvalue weighted by Crippen LogP contribution is -1.92. The number of ketones is 1. The molecule has 0 fully saturated rings. The quantitative estimate of drug-likeness (QED) is 0.188. The molecule has 3 rings (SSSR count). The van der Waals surface area contributed by atoms with E-state index >= 15 is 0 Å². The van der Waals surface area contributed by atoms with Crippen LogP contribution in [-0.4, -0.2) is 10.7 Å². The van der Waals surface area contributed by atoms with Crippen molar-refractivity contribution >= 4 is 49.4 Å². The highest BCUT2D eigenvalue weighted by molar-refractivity contribution is 9.10. The summed E-state index contributed by atoms with van der Waals surface area (Å²) in [7, 11) is 0. The van der Waals surface area contributed by atoms with Crippen LogP contribution in [0.15, 0.2) is 74.0 Å². The Morgan fingerprint density at radius 2 is 1.77 bits per heavy atom. The average molecular weight is 477 g/mol. The molecular formula is C19H11Br2NO4. The Morgan fingerprint density at radius 1 is 1.04 bits per heavy atom. The number of nitro benzene ring substituents is 1. The molecule has 2 aromatic carbocycles. The van der Waals surface area contributed by atoms with Crippen LogP contribution in [0.2, 0.25) is 0 Å². The number of hydrogen-bond donors (Lipinski definition) is 0. The van der Waals surface area contributed by atoms with Crippen molar-refractivity contribution in [3.63, 3.8) is 0 Å². The summed E-state index contributed by atoms with van der Waals surface area (Å²) in [4.78, 5) is 22.5. The Bertz CT molecular complexity index is 1010. The number of hydrogen-bond acceptors (Lipinski definition) is 4. The minimum absolute atomic E-state index is 0.00704. The van der Waals surface area contributed by atoms with E-state index in [1.807, 2.05) is 0 Å². The highest BCUT2D eigenvalue weighted by Gasteiger charge is 2.13. The van der Waals surface area contributed by atoms with E-state index in [-0.39, 0.29) is 11.5 Å². The molecule has 1 aromatic heterocycles. The molecular weight excluding hydrogens is 466 g/mol. The molecule has 0 spiro atoms. The Balaban J connectivity index is 1.78. The van der Waals surface area contributed by atoms with Gasteiger partial charge in [0.05, 0.1) is 4.92 Å². The van der Waals surface area contributed by atoms with Crippen molar-refractivity contribution in [3.05, 3.63) is 91.1 Å². The van der Waals surface area contributed by atoms with Crippen LogP contribution < -0.4 is 0 Å². The van der Waals surface area contributed by atoms with E-state index in [0.717, 1.165) is 4.47 Å². The molecule has 26 heavy (non-hydrogen) atoms. The van der Waals surface area contributed by atoms with Crippen molar-refractivity contribution in [3.8, 4) is 11.3 Å². The number of benzene rings is 2. The van der Waals surface area contributed by atoms with Crippen LogP contribution in [-0.2, 0) is 0 Å². The fraction of sp³-hybridized carbons (Fsp3) is 0. The maximum atomic E-state index is 12.1. The van der Waals surface area contributed by atoms with Crippen LogP contribution in [0.25, 0.3) is 17.4 Å². The maximum Gasteiger partial charge on any atom is 0.270 e. The van der Waals surface area contributed by atoms with Crippen LogP contribution in [0, 0.1) is 10.1 Å². The minimum Gasteiger partial charge on any atom is -0.457 e. The van der Waals surface area contributed by atoms with E-state index in [2.05, 4.69) is 31.9 Å². The van der Waals surface area contributed by atoms with Gasteiger partial charge in [-0.05, 0) is 70.5 Å². The second kappa shape index (κ2) is 7.80. The molecule has 1 heterocycles. The van der Waals surface area contributed by atoms with E-state index in [0.29, 0.717) is 27.1 Å². The largest absolute Gasteiger partial charge is 0.457 e. The van der Waals surface area contributed by atoms with Gasteiger partial charge in [0.15, 0.2) is 5.78 Å². The van der Waals surface area contributed by atoms with E-state index in [4.69, 9.17) is 4.42 Å². The second-order valence-electron chi connectivity index (χ2n) is 5.33. The molecule has 130 valence electrons. The SMILES string of the molecule is O=C(C=Cc1ccc(-c2ccc([N+](=O)[O-])cc2Br)o1)c1ccc(Br)cc1. The average Bonchev–Trinajstić information content (AvgIpc) is 3.08. The van der Waals surface area contributed by atoms with E-state index < -0.39 is 4.92 Å². The van der Waals surface area contributed by atoms with Gasteiger partial charge in [0.25, 0.3) is 5.69 Å². The van der Waals surface area contributed by atoms with Gasteiger partial charge in [0.1, 0.15) is 11.5 Å². The zero-order valence-electron chi connectivity index (χ0n) is 13.2. The summed E-state index contributed by atoms with van der Waals surface area (Å²) in [6.07, 6.45) is 3.03. The summed E-state index contributed by atoms with van der Waals surface area (Å²) in [5, 5.41) is 10.8. The summed E-state index contributed by atoms with van der Waals surface area (Å²) in [6, 6.07) is 15.0. The molecule has 0 bridgehead atoms. The molecule has 0 atom stereocenters. The summed E-state index contributed by atoms with van der Waals surface area (Å²) >= 11 is 6.65. The van der Waals surface area contributed by atoms with Crippen molar-refractivity contribution in [2.45, 2.75) is 0 Å². The number of non-ortho nitro benzene ring substituents is 1. The number of halogens is 2. The van der Waals surface area contributed by atoms with E-state index in [9.17, 15) is 14.9 Å². The van der Waals surface area contributed by atoms with Gasteiger partial charge in [-0.2, -0.15) is 0 Å². The first kappa shape index (κ1) is 18.3. The minimum atomic E-state index is -0.460. The number of rotatable bonds is 5. The Hall–Kier alpha value is -2.51. The molecule has 0 aliphatic carbocycles. The number of nitro groups is 1. The normalized spacial score (nSPS) is 11.0. The Labute approximate surface area is 165 Å². The Morgan fingerprint density at radius 3 is 2.42 bits per heavy atom. The Kier molecular flexibility index (Phi) is 5.49. The van der Waals surface area contributed by atoms with Gasteiger partial charge in [-0.25, -0.2) is 0 Å². The van der Waals surface area contributed by atoms with Gasteiger partial charge in [-0.1, -0.05) is 15.9 Å². The lowest BCUT2D eigenvalue weighted by atomic mass is 10.1. The topological polar surface area (TPSA) is 73.3 Å². The third-order valence-electron chi connectivity index (χ3n) is 3.58. The third-order valence-corrected chi connectivity index (χ3v) is 4.77. The summed E-state index contributed by atoms with van der Waals surface area (Å²) in [5.41, 5.74) is 1.26. The highest BCUT2D eigenvalue weighted by atomic mass is 79.9. The van der Waals surface area contributed by atoms with Crippen LogP contribution in [0.4, 0.5) is 5.69 Å². The maximum absolute atomic E-state index is 12.1. The summed E-state index contributed by atoms with van der Waals surface area (Å²) in [5.74, 6) is 0.921. The molecule has 0 aliphatic heterocycles. The van der Waals surface area contributed by atoms with Gasteiger partial charge in [0, 0.05) is 32.2 Å². The number of nitrogens with zero attached hydrogens (tertiary/aromatic N) is 1. The molecule has 0 aliphatic rings. The molecule has 0 radical (unpaired) electrons. The van der Waals surface area contributed by atoms with Gasteiger partial charge < -0.3 is 4.42 Å². The van der Waals surface area contributed by atoms with Crippen LogP contribution in [0.3, 0.4) is 0 Å². The molecule has 0 saturated carbocycles. The molecule has 0 saturated heterocycles. The number of carbonyl (C=O) groups is 1. The van der Waals surface area contributed by atoms with E-state index in [1.54, 1.807) is 48.5 Å². The van der Waals surface area contributed by atoms with Crippen molar-refractivity contribution in [1.82, 2.24) is 0 Å². The predicted molar refractivity (Wildman–Crippen MR) is 106 cm³/mol. The number of furan rings is 1. The van der Waals surface area contributed by atoms with Crippen LogP contribution in [0.5, 0.6) is 0 Å².